The summed E-state index contributed by atoms with van der Waals surface area (Å²) in [4.78, 5) is 27.5. The van der Waals surface area contributed by atoms with Gasteiger partial charge in [-0.25, -0.2) is 4.39 Å². The van der Waals surface area contributed by atoms with Gasteiger partial charge in [-0.05, 0) is 43.7 Å². The number of hydrogen-bond donors (Lipinski definition) is 1. The van der Waals surface area contributed by atoms with Crippen molar-refractivity contribution in [3.8, 4) is 0 Å². The van der Waals surface area contributed by atoms with E-state index in [9.17, 15) is 14.0 Å². The zero-order valence-electron chi connectivity index (χ0n) is 15.9. The van der Waals surface area contributed by atoms with Crippen molar-refractivity contribution < 1.29 is 14.0 Å². The lowest BCUT2D eigenvalue weighted by Crippen LogP contribution is -2.46. The summed E-state index contributed by atoms with van der Waals surface area (Å²) in [6.07, 6.45) is 0.321. The van der Waals surface area contributed by atoms with Crippen molar-refractivity contribution in [3.05, 3.63) is 65.5 Å². The number of carbonyl (C=O) groups excluding carboxylic acids is 2. The second kappa shape index (κ2) is 10.1. The van der Waals surface area contributed by atoms with Gasteiger partial charge in [-0.1, -0.05) is 29.8 Å². The average molecular weight is 389 g/mol. The second-order valence-corrected chi connectivity index (χ2v) is 7.52. The molecule has 0 saturated heterocycles. The number of hydrogen-bond acceptors (Lipinski definition) is 3. The molecule has 0 aliphatic carbocycles. The minimum absolute atomic E-state index is 0.102. The lowest BCUT2D eigenvalue weighted by molar-refractivity contribution is -0.140. The molecule has 144 valence electrons. The molecule has 1 N–H and O–H groups in total. The molecule has 0 saturated carbocycles. The van der Waals surface area contributed by atoms with E-state index in [1.807, 2.05) is 31.2 Å². The average Bonchev–Trinajstić information content (AvgIpc) is 2.67. The molecule has 0 bridgehead atoms. The van der Waals surface area contributed by atoms with Gasteiger partial charge < -0.3 is 10.2 Å². The van der Waals surface area contributed by atoms with E-state index in [1.54, 1.807) is 42.8 Å². The molecule has 6 heteroatoms. The van der Waals surface area contributed by atoms with Crippen molar-refractivity contribution in [3.63, 3.8) is 0 Å². The van der Waals surface area contributed by atoms with Crippen molar-refractivity contribution >= 4 is 23.6 Å². The molecule has 0 aliphatic heterocycles. The molecule has 2 amide bonds. The van der Waals surface area contributed by atoms with Crippen LogP contribution in [0.4, 0.5) is 4.39 Å². The fraction of sp³-hybridized carbons (Fsp3) is 0.333. The molecule has 0 aliphatic rings. The number of thioether (sulfide) groups is 1. The molecule has 0 spiro atoms. The number of nitrogens with one attached hydrogen (secondary N) is 1. The van der Waals surface area contributed by atoms with Gasteiger partial charge in [0.25, 0.3) is 0 Å². The van der Waals surface area contributed by atoms with E-state index >= 15 is 0 Å². The minimum atomic E-state index is -0.600. The highest BCUT2D eigenvalue weighted by Crippen LogP contribution is 2.20. The van der Waals surface area contributed by atoms with Crippen LogP contribution in [0.5, 0.6) is 0 Å². The van der Waals surface area contributed by atoms with Crippen molar-refractivity contribution in [2.75, 3.05) is 12.8 Å². The van der Waals surface area contributed by atoms with E-state index in [4.69, 9.17) is 0 Å². The highest BCUT2D eigenvalue weighted by Gasteiger charge is 2.25. The lowest BCUT2D eigenvalue weighted by atomic mass is 10.1. The lowest BCUT2D eigenvalue weighted by Gasteiger charge is -2.28. The first kappa shape index (κ1) is 21.0. The van der Waals surface area contributed by atoms with E-state index < -0.39 is 6.04 Å². The highest BCUT2D eigenvalue weighted by molar-refractivity contribution is 7.99. The Morgan fingerprint density at radius 1 is 1.11 bits per heavy atom. The first-order chi connectivity index (χ1) is 12.9. The molecule has 27 heavy (non-hydrogen) atoms. The fourth-order valence-electron chi connectivity index (χ4n) is 2.61. The predicted molar refractivity (Wildman–Crippen MR) is 107 cm³/mol. The quantitative estimate of drug-likeness (QED) is 0.700. The summed E-state index contributed by atoms with van der Waals surface area (Å²) in [5, 5.41) is 2.58. The maximum absolute atomic E-state index is 13.1. The Kier molecular flexibility index (Phi) is 7.85. The third kappa shape index (κ3) is 6.40. The Morgan fingerprint density at radius 3 is 2.33 bits per heavy atom. The summed E-state index contributed by atoms with van der Waals surface area (Å²) in [6, 6.07) is 13.5. The standard InChI is InChI=1S/C21H25FN2O2S/c1-15-4-10-19(11-5-15)27-13-12-20(25)24(16(2)21(26)23-3)14-17-6-8-18(22)9-7-17/h4-11,16H,12-14H2,1-3H3,(H,23,26)/t16-/m0/s1. The van der Waals surface area contributed by atoms with Gasteiger partial charge >= 0.3 is 0 Å². The monoisotopic (exact) mass is 388 g/mol. The molecule has 2 aromatic carbocycles. The first-order valence-corrected chi connectivity index (χ1v) is 9.84. The zero-order valence-corrected chi connectivity index (χ0v) is 16.7. The minimum Gasteiger partial charge on any atom is -0.357 e. The molecular formula is C21H25FN2O2S. The van der Waals surface area contributed by atoms with E-state index in [2.05, 4.69) is 5.32 Å². The van der Waals surface area contributed by atoms with Gasteiger partial charge in [-0.15, -0.1) is 11.8 Å². The third-order valence-electron chi connectivity index (χ3n) is 4.29. The van der Waals surface area contributed by atoms with Crippen LogP contribution in [0.25, 0.3) is 0 Å². The Labute approximate surface area is 164 Å². The SMILES string of the molecule is CNC(=O)[C@H](C)N(Cc1ccc(F)cc1)C(=O)CCSc1ccc(C)cc1. The van der Waals surface area contributed by atoms with Crippen LogP contribution < -0.4 is 5.32 Å². The van der Waals surface area contributed by atoms with Gasteiger partial charge in [0, 0.05) is 30.7 Å². The van der Waals surface area contributed by atoms with Gasteiger partial charge in [0.1, 0.15) is 11.9 Å². The van der Waals surface area contributed by atoms with E-state index in [1.165, 1.54) is 17.7 Å². The van der Waals surface area contributed by atoms with E-state index in [0.717, 1.165) is 10.5 Å². The van der Waals surface area contributed by atoms with Crippen LogP contribution in [0.1, 0.15) is 24.5 Å². The maximum atomic E-state index is 13.1. The molecular weight excluding hydrogens is 363 g/mol. The van der Waals surface area contributed by atoms with Crippen molar-refractivity contribution in [1.29, 1.82) is 0 Å². The van der Waals surface area contributed by atoms with Crippen molar-refractivity contribution in [1.82, 2.24) is 10.2 Å². The van der Waals surface area contributed by atoms with Gasteiger partial charge in [-0.3, -0.25) is 9.59 Å². The van der Waals surface area contributed by atoms with Crippen LogP contribution in [0, 0.1) is 12.7 Å². The highest BCUT2D eigenvalue weighted by atomic mass is 32.2. The van der Waals surface area contributed by atoms with Crippen molar-refractivity contribution in [2.45, 2.75) is 37.8 Å². The number of aryl methyl sites for hydroxylation is 1. The van der Waals surface area contributed by atoms with Crippen LogP contribution >= 0.6 is 11.8 Å². The first-order valence-electron chi connectivity index (χ1n) is 8.85. The summed E-state index contributed by atoms with van der Waals surface area (Å²) in [5.41, 5.74) is 1.98. The molecule has 0 radical (unpaired) electrons. The Morgan fingerprint density at radius 2 is 1.74 bits per heavy atom. The van der Waals surface area contributed by atoms with Gasteiger partial charge in [0.15, 0.2) is 0 Å². The fourth-order valence-corrected chi connectivity index (χ4v) is 3.45. The number of likely N-dealkylation sites (N-methyl/N-ethyl adjacent to an activating group) is 1. The number of amides is 2. The molecule has 0 unspecified atom stereocenters. The van der Waals surface area contributed by atoms with E-state index in [-0.39, 0.29) is 24.2 Å². The molecule has 0 heterocycles. The number of rotatable bonds is 8. The Bertz CT molecular complexity index is 763. The molecule has 2 aromatic rings. The number of nitrogens with zero attached hydrogens (tertiary/aromatic N) is 1. The Hall–Kier alpha value is -2.34. The third-order valence-corrected chi connectivity index (χ3v) is 5.30. The van der Waals surface area contributed by atoms with Crippen LogP contribution in [0.15, 0.2) is 53.4 Å². The summed E-state index contributed by atoms with van der Waals surface area (Å²) in [5.74, 6) is -0.0281. The van der Waals surface area contributed by atoms with E-state index in [0.29, 0.717) is 12.2 Å². The van der Waals surface area contributed by atoms with Gasteiger partial charge in [-0.2, -0.15) is 0 Å². The molecule has 2 rings (SSSR count). The van der Waals surface area contributed by atoms with Crippen molar-refractivity contribution in [2.24, 2.45) is 0 Å². The molecule has 1 atom stereocenters. The molecule has 0 fully saturated rings. The number of benzene rings is 2. The largest absolute Gasteiger partial charge is 0.357 e. The van der Waals surface area contributed by atoms with Gasteiger partial charge in [0.05, 0.1) is 0 Å². The van der Waals surface area contributed by atoms with Crippen LogP contribution in [-0.4, -0.2) is 35.6 Å². The Balaban J connectivity index is 2.02. The van der Waals surface area contributed by atoms with Gasteiger partial charge in [0.2, 0.25) is 11.8 Å². The predicted octanol–water partition coefficient (Wildman–Crippen LogP) is 3.78. The van der Waals surface area contributed by atoms with Crippen LogP contribution in [-0.2, 0) is 16.1 Å². The smallest absolute Gasteiger partial charge is 0.242 e. The summed E-state index contributed by atoms with van der Waals surface area (Å²) in [7, 11) is 1.55. The summed E-state index contributed by atoms with van der Waals surface area (Å²) in [6.45, 7) is 4.00. The molecule has 0 aromatic heterocycles. The van der Waals surface area contributed by atoms with Crippen LogP contribution in [0.3, 0.4) is 0 Å². The van der Waals surface area contributed by atoms with Crippen LogP contribution in [0.2, 0.25) is 0 Å². The summed E-state index contributed by atoms with van der Waals surface area (Å²) >= 11 is 1.61. The normalized spacial score (nSPS) is 11.7. The topological polar surface area (TPSA) is 49.4 Å². The second-order valence-electron chi connectivity index (χ2n) is 6.35. The number of carbonyl (C=O) groups is 2. The molecule has 4 nitrogen and oxygen atoms in total. The maximum Gasteiger partial charge on any atom is 0.242 e. The summed E-state index contributed by atoms with van der Waals surface area (Å²) < 4.78 is 13.1. The zero-order chi connectivity index (χ0) is 19.8. The number of halogens is 1.